The van der Waals surface area contributed by atoms with E-state index >= 15 is 0 Å². The molecule has 3 N–H and O–H groups in total. The van der Waals surface area contributed by atoms with Crippen molar-refractivity contribution < 1.29 is 9.53 Å². The average molecular weight is 423 g/mol. The molecule has 0 fully saturated rings. The van der Waals surface area contributed by atoms with E-state index in [1.807, 2.05) is 13.8 Å². The van der Waals surface area contributed by atoms with Crippen LogP contribution in [0.4, 0.5) is 0 Å². The van der Waals surface area contributed by atoms with Gasteiger partial charge in [0.05, 0.1) is 33.4 Å². The first-order valence-electron chi connectivity index (χ1n) is 8.04. The first kappa shape index (κ1) is 19.4. The van der Waals surface area contributed by atoms with Gasteiger partial charge in [0.1, 0.15) is 0 Å². The van der Waals surface area contributed by atoms with E-state index in [-0.39, 0.29) is 12.0 Å². The molecule has 0 aliphatic carbocycles. The number of carbonyl (C=O) groups excluding carboxylic acids is 1. The van der Waals surface area contributed by atoms with Gasteiger partial charge in [-0.15, -0.1) is 0 Å². The van der Waals surface area contributed by atoms with Crippen molar-refractivity contribution in [1.82, 2.24) is 15.4 Å². The van der Waals surface area contributed by atoms with E-state index in [0.29, 0.717) is 31.7 Å². The fourth-order valence-electron chi connectivity index (χ4n) is 2.41. The van der Waals surface area contributed by atoms with E-state index in [1.54, 1.807) is 30.3 Å². The zero-order valence-corrected chi connectivity index (χ0v) is 16.8. The van der Waals surface area contributed by atoms with Crippen LogP contribution in [0, 0.1) is 4.77 Å². The number of imidazole rings is 1. The van der Waals surface area contributed by atoms with Crippen molar-refractivity contribution in [3.8, 4) is 5.75 Å². The van der Waals surface area contributed by atoms with Gasteiger partial charge in [-0.3, -0.25) is 4.79 Å². The predicted octanol–water partition coefficient (Wildman–Crippen LogP) is 5.08. The second kappa shape index (κ2) is 8.12. The van der Waals surface area contributed by atoms with Gasteiger partial charge in [0.25, 0.3) is 5.91 Å². The third-order valence-electron chi connectivity index (χ3n) is 3.53. The van der Waals surface area contributed by atoms with Crippen molar-refractivity contribution >= 4 is 58.6 Å². The number of nitrogens with zero attached hydrogens (tertiary/aromatic N) is 1. The van der Waals surface area contributed by atoms with E-state index in [2.05, 4.69) is 20.5 Å². The number of halogens is 2. The van der Waals surface area contributed by atoms with Crippen LogP contribution in [0.5, 0.6) is 5.75 Å². The Morgan fingerprint density at radius 2 is 1.85 bits per heavy atom. The van der Waals surface area contributed by atoms with Crippen molar-refractivity contribution in [1.29, 1.82) is 0 Å². The number of nitrogens with one attached hydrogen (secondary N) is 3. The van der Waals surface area contributed by atoms with Crippen molar-refractivity contribution in [2.45, 2.75) is 20.0 Å². The fraction of sp³-hybridized carbons (Fsp3) is 0.167. The minimum absolute atomic E-state index is 0.0508. The molecule has 0 bridgehead atoms. The molecule has 0 unspecified atom stereocenters. The van der Waals surface area contributed by atoms with Gasteiger partial charge in [0.2, 0.25) is 0 Å². The molecule has 2 aromatic carbocycles. The van der Waals surface area contributed by atoms with E-state index < -0.39 is 0 Å². The number of hydrogen-bond donors (Lipinski definition) is 3. The highest BCUT2D eigenvalue weighted by molar-refractivity contribution is 7.71. The summed E-state index contributed by atoms with van der Waals surface area (Å²) in [6.45, 7) is 3.77. The summed E-state index contributed by atoms with van der Waals surface area (Å²) in [5.41, 5.74) is 5.12. The number of carbonyl (C=O) groups is 1. The number of H-pyrrole nitrogens is 2. The lowest BCUT2D eigenvalue weighted by atomic mass is 10.2. The van der Waals surface area contributed by atoms with Crippen LogP contribution in [0.1, 0.15) is 29.8 Å². The molecule has 3 rings (SSSR count). The second-order valence-electron chi connectivity index (χ2n) is 6.02. The van der Waals surface area contributed by atoms with Crippen molar-refractivity contribution in [2.75, 3.05) is 0 Å². The highest BCUT2D eigenvalue weighted by Gasteiger charge is 2.11. The maximum atomic E-state index is 12.2. The molecule has 0 saturated heterocycles. The molecule has 0 aliphatic rings. The Morgan fingerprint density at radius 1 is 1.19 bits per heavy atom. The quantitative estimate of drug-likeness (QED) is 0.304. The van der Waals surface area contributed by atoms with Crippen molar-refractivity contribution in [2.24, 2.45) is 5.10 Å². The number of aromatic nitrogens is 2. The molecule has 3 aromatic rings. The van der Waals surface area contributed by atoms with E-state index in [4.69, 9.17) is 40.2 Å². The predicted molar refractivity (Wildman–Crippen MR) is 111 cm³/mol. The molecular weight excluding hydrogens is 407 g/mol. The van der Waals surface area contributed by atoms with E-state index in [9.17, 15) is 4.79 Å². The summed E-state index contributed by atoms with van der Waals surface area (Å²) < 4.78 is 6.08. The SMILES string of the molecule is CC(C)Oc1c(Cl)cc(/C=N\NC(=O)c2ccc3[nH]c(=S)[nH]c3c2)cc1Cl. The lowest BCUT2D eigenvalue weighted by Gasteiger charge is -2.13. The van der Waals surface area contributed by atoms with E-state index in [0.717, 1.165) is 11.0 Å². The van der Waals surface area contributed by atoms with Crippen LogP contribution >= 0.6 is 35.4 Å². The van der Waals surface area contributed by atoms with Crippen LogP contribution in [-0.4, -0.2) is 28.2 Å². The zero-order chi connectivity index (χ0) is 19.6. The van der Waals surface area contributed by atoms with Crippen LogP contribution in [0.25, 0.3) is 11.0 Å². The number of hydrogen-bond acceptors (Lipinski definition) is 4. The Bertz CT molecular complexity index is 1070. The molecule has 1 heterocycles. The number of aromatic amines is 2. The summed E-state index contributed by atoms with van der Waals surface area (Å²) >= 11 is 17.4. The van der Waals surface area contributed by atoms with Gasteiger partial charge in [-0.2, -0.15) is 5.10 Å². The largest absolute Gasteiger partial charge is 0.488 e. The molecular formula is C18H16Cl2N4O2S. The first-order chi connectivity index (χ1) is 12.8. The number of benzene rings is 2. The molecule has 27 heavy (non-hydrogen) atoms. The number of ether oxygens (including phenoxy) is 1. The summed E-state index contributed by atoms with van der Waals surface area (Å²) in [6, 6.07) is 8.46. The Morgan fingerprint density at radius 3 is 2.52 bits per heavy atom. The molecule has 1 aromatic heterocycles. The molecule has 9 heteroatoms. The van der Waals surface area contributed by atoms with Crippen molar-refractivity contribution in [3.05, 3.63) is 56.3 Å². The molecule has 1 amide bonds. The maximum absolute atomic E-state index is 12.2. The molecule has 0 saturated carbocycles. The summed E-state index contributed by atoms with van der Waals surface area (Å²) in [4.78, 5) is 18.2. The standard InChI is InChI=1S/C18H16Cl2N4O2S/c1-9(2)26-16-12(19)5-10(6-13(16)20)8-21-24-17(25)11-3-4-14-15(7-11)23-18(27)22-14/h3-9H,1-2H3,(H,24,25)(H2,22,23,27)/b21-8-. The van der Waals surface area contributed by atoms with Gasteiger partial charge in [-0.1, -0.05) is 23.2 Å². The normalized spacial score (nSPS) is 11.4. The highest BCUT2D eigenvalue weighted by Crippen LogP contribution is 2.34. The number of hydrazone groups is 1. The minimum Gasteiger partial charge on any atom is -0.488 e. The van der Waals surface area contributed by atoms with Crippen molar-refractivity contribution in [3.63, 3.8) is 0 Å². The van der Waals surface area contributed by atoms with Crippen LogP contribution in [0.3, 0.4) is 0 Å². The zero-order valence-electron chi connectivity index (χ0n) is 14.5. The average Bonchev–Trinajstić information content (AvgIpc) is 2.97. The van der Waals surface area contributed by atoms with Crippen LogP contribution in [0.2, 0.25) is 10.0 Å². The summed E-state index contributed by atoms with van der Waals surface area (Å²) in [5.74, 6) is 0.0670. The van der Waals surface area contributed by atoms with Gasteiger partial charge in [0, 0.05) is 5.56 Å². The molecule has 0 aliphatic heterocycles. The van der Waals surface area contributed by atoms with Crippen LogP contribution in [0.15, 0.2) is 35.4 Å². The lowest BCUT2D eigenvalue weighted by Crippen LogP contribution is -2.17. The Kier molecular flexibility index (Phi) is 5.84. The number of rotatable bonds is 5. The molecule has 6 nitrogen and oxygen atoms in total. The summed E-state index contributed by atoms with van der Waals surface area (Å²) in [7, 11) is 0. The van der Waals surface area contributed by atoms with Gasteiger partial charge in [-0.25, -0.2) is 5.43 Å². The molecule has 0 spiro atoms. The maximum Gasteiger partial charge on any atom is 0.271 e. The topological polar surface area (TPSA) is 82.3 Å². The van der Waals surface area contributed by atoms with Gasteiger partial charge in [0.15, 0.2) is 10.5 Å². The molecule has 0 atom stereocenters. The second-order valence-corrected chi connectivity index (χ2v) is 7.24. The Labute approximate surface area is 170 Å². The number of fused-ring (bicyclic) bond motifs is 1. The minimum atomic E-state index is -0.356. The highest BCUT2D eigenvalue weighted by atomic mass is 35.5. The fourth-order valence-corrected chi connectivity index (χ4v) is 3.22. The van der Waals surface area contributed by atoms with Gasteiger partial charge in [-0.05, 0) is 62.0 Å². The smallest absolute Gasteiger partial charge is 0.271 e. The third kappa shape index (κ3) is 4.68. The van der Waals surface area contributed by atoms with Gasteiger partial charge >= 0.3 is 0 Å². The summed E-state index contributed by atoms with van der Waals surface area (Å²) in [6.07, 6.45) is 1.40. The van der Waals surface area contributed by atoms with Gasteiger partial charge < -0.3 is 14.7 Å². The number of amides is 1. The van der Waals surface area contributed by atoms with Crippen LogP contribution < -0.4 is 10.2 Å². The lowest BCUT2D eigenvalue weighted by molar-refractivity contribution is 0.0955. The molecule has 140 valence electrons. The molecule has 0 radical (unpaired) electrons. The summed E-state index contributed by atoms with van der Waals surface area (Å²) in [5, 5.41) is 4.70. The Balaban J connectivity index is 1.72. The first-order valence-corrected chi connectivity index (χ1v) is 9.21. The Hall–Kier alpha value is -2.35. The monoisotopic (exact) mass is 422 g/mol. The third-order valence-corrected chi connectivity index (χ3v) is 4.30. The van der Waals surface area contributed by atoms with E-state index in [1.165, 1.54) is 6.21 Å². The van der Waals surface area contributed by atoms with Crippen LogP contribution in [-0.2, 0) is 0 Å².